The van der Waals surface area contributed by atoms with Crippen LogP contribution in [0.1, 0.15) is 29.5 Å². The van der Waals surface area contributed by atoms with E-state index in [1.165, 1.54) is 7.11 Å². The Labute approximate surface area is 220 Å². The second-order valence-electron chi connectivity index (χ2n) is 9.55. The lowest BCUT2D eigenvalue weighted by Gasteiger charge is -2.37. The van der Waals surface area contributed by atoms with E-state index >= 15 is 0 Å². The number of allylic oxidation sites excluding steroid dienone is 2. The van der Waals surface area contributed by atoms with Crippen molar-refractivity contribution in [1.29, 1.82) is 0 Å². The molecule has 6 rings (SSSR count). The Bertz CT molecular complexity index is 1710. The summed E-state index contributed by atoms with van der Waals surface area (Å²) in [6.07, 6.45) is 4.96. The molecule has 9 heteroatoms. The maximum absolute atomic E-state index is 13.4. The molecule has 0 aromatic heterocycles. The molecule has 0 saturated carbocycles. The number of ether oxygens (including phenoxy) is 1. The Morgan fingerprint density at radius 2 is 1.84 bits per heavy atom. The van der Waals surface area contributed by atoms with Crippen molar-refractivity contribution in [3.63, 3.8) is 0 Å². The number of nitro benzene ring substituents is 1. The van der Waals surface area contributed by atoms with Gasteiger partial charge in [0, 0.05) is 23.1 Å². The molecule has 1 heterocycles. The zero-order valence-corrected chi connectivity index (χ0v) is 21.3. The molecule has 1 aliphatic carbocycles. The van der Waals surface area contributed by atoms with Crippen LogP contribution in [0.4, 0.5) is 17.1 Å². The first-order chi connectivity index (χ1) is 18.4. The van der Waals surface area contributed by atoms with Crippen LogP contribution in [0.3, 0.4) is 0 Å². The lowest BCUT2D eigenvalue weighted by Crippen LogP contribution is -2.29. The monoisotopic (exact) mass is 527 g/mol. The van der Waals surface area contributed by atoms with Crippen molar-refractivity contribution in [3.05, 3.63) is 112 Å². The molecule has 0 bridgehead atoms. The van der Waals surface area contributed by atoms with Crippen molar-refractivity contribution in [1.82, 2.24) is 0 Å². The van der Waals surface area contributed by atoms with E-state index in [0.29, 0.717) is 5.69 Å². The normalized spacial score (nSPS) is 19.9. The third-order valence-corrected chi connectivity index (χ3v) is 8.80. The van der Waals surface area contributed by atoms with E-state index in [0.717, 1.165) is 34.0 Å². The standard InChI is InChI=1S/C29H25N3O5S/c1-37-28-15-12-19(16-27(28)32(33)34)29-23-10-5-9-22(23)24-17-20(13-14-25(24)30-29)38(35,36)31-26-11-4-7-18-6-2-3-8-21(18)26/h2-9,11-17,22-23,29-31H,10H2,1H3/t22-,23+,29+/m0/s1. The van der Waals surface area contributed by atoms with Gasteiger partial charge in [0.2, 0.25) is 0 Å². The molecule has 192 valence electrons. The fourth-order valence-corrected chi connectivity index (χ4v) is 6.75. The highest BCUT2D eigenvalue weighted by molar-refractivity contribution is 7.92. The molecular formula is C29H25N3O5S. The molecule has 38 heavy (non-hydrogen) atoms. The van der Waals surface area contributed by atoms with Gasteiger partial charge in [0.05, 0.1) is 28.7 Å². The van der Waals surface area contributed by atoms with Crippen LogP contribution in [0.25, 0.3) is 10.8 Å². The maximum atomic E-state index is 13.4. The predicted octanol–water partition coefficient (Wildman–Crippen LogP) is 6.38. The van der Waals surface area contributed by atoms with Gasteiger partial charge in [-0.3, -0.25) is 14.8 Å². The SMILES string of the molecule is COc1ccc([C@H]2Nc3ccc(S(=O)(=O)Nc4cccc5ccccc45)cc3[C@H]3C=CC[C@H]32)cc1[N+](=O)[O-]. The summed E-state index contributed by atoms with van der Waals surface area (Å²) in [6.45, 7) is 0. The van der Waals surface area contributed by atoms with Gasteiger partial charge in [0.15, 0.2) is 5.75 Å². The molecule has 0 amide bonds. The van der Waals surface area contributed by atoms with Gasteiger partial charge in [0.25, 0.3) is 10.0 Å². The van der Waals surface area contributed by atoms with E-state index < -0.39 is 14.9 Å². The molecule has 0 spiro atoms. The van der Waals surface area contributed by atoms with E-state index in [4.69, 9.17) is 4.74 Å². The van der Waals surface area contributed by atoms with Crippen LogP contribution >= 0.6 is 0 Å². The second kappa shape index (κ2) is 9.18. The summed E-state index contributed by atoms with van der Waals surface area (Å²) in [7, 11) is -2.43. The van der Waals surface area contributed by atoms with Crippen molar-refractivity contribution in [2.24, 2.45) is 5.92 Å². The molecule has 2 aliphatic rings. The number of nitrogens with one attached hydrogen (secondary N) is 2. The van der Waals surface area contributed by atoms with Crippen molar-refractivity contribution in [2.75, 3.05) is 17.1 Å². The van der Waals surface area contributed by atoms with Gasteiger partial charge in [-0.2, -0.15) is 0 Å². The summed E-state index contributed by atoms with van der Waals surface area (Å²) in [5.41, 5.74) is 2.94. The number of hydrogen-bond donors (Lipinski definition) is 2. The third-order valence-electron chi connectivity index (χ3n) is 7.44. The summed E-state index contributed by atoms with van der Waals surface area (Å²) >= 11 is 0. The Balaban J connectivity index is 1.35. The highest BCUT2D eigenvalue weighted by Gasteiger charge is 2.39. The lowest BCUT2D eigenvalue weighted by atomic mass is 9.77. The number of nitro groups is 1. The number of anilines is 2. The minimum absolute atomic E-state index is 0.0230. The molecule has 0 radical (unpaired) electrons. The van der Waals surface area contributed by atoms with Crippen LogP contribution in [0, 0.1) is 16.0 Å². The summed E-state index contributed by atoms with van der Waals surface area (Å²) in [4.78, 5) is 11.3. The number of methoxy groups -OCH3 is 1. The lowest BCUT2D eigenvalue weighted by molar-refractivity contribution is -0.385. The van der Waals surface area contributed by atoms with Gasteiger partial charge in [-0.15, -0.1) is 0 Å². The molecule has 0 unspecified atom stereocenters. The Morgan fingerprint density at radius 1 is 1.03 bits per heavy atom. The van der Waals surface area contributed by atoms with Gasteiger partial charge in [-0.25, -0.2) is 8.42 Å². The van der Waals surface area contributed by atoms with E-state index in [2.05, 4.69) is 22.2 Å². The fourth-order valence-electron chi connectivity index (χ4n) is 5.63. The molecule has 8 nitrogen and oxygen atoms in total. The number of sulfonamides is 1. The van der Waals surface area contributed by atoms with Gasteiger partial charge in [0.1, 0.15) is 0 Å². The third kappa shape index (κ3) is 4.05. The van der Waals surface area contributed by atoms with Gasteiger partial charge < -0.3 is 10.1 Å². The molecule has 4 aromatic rings. The van der Waals surface area contributed by atoms with Crippen molar-refractivity contribution >= 4 is 37.9 Å². The Morgan fingerprint density at radius 3 is 2.66 bits per heavy atom. The molecule has 1 aliphatic heterocycles. The van der Waals surface area contributed by atoms with Crippen LogP contribution < -0.4 is 14.8 Å². The quantitative estimate of drug-likeness (QED) is 0.171. The summed E-state index contributed by atoms with van der Waals surface area (Å²) in [6, 6.07) is 23.1. The Kier molecular flexibility index (Phi) is 5.80. The molecule has 3 atom stereocenters. The van der Waals surface area contributed by atoms with Crippen LogP contribution in [0.15, 0.2) is 95.9 Å². The summed E-state index contributed by atoms with van der Waals surface area (Å²) in [5.74, 6) is 0.272. The van der Waals surface area contributed by atoms with Crippen molar-refractivity contribution in [2.45, 2.75) is 23.3 Å². The number of fused-ring (bicyclic) bond motifs is 4. The zero-order chi connectivity index (χ0) is 26.4. The average Bonchev–Trinajstić information content (AvgIpc) is 3.42. The smallest absolute Gasteiger partial charge is 0.311 e. The Hall–Kier alpha value is -4.37. The largest absolute Gasteiger partial charge is 0.490 e. The first-order valence-corrected chi connectivity index (χ1v) is 13.7. The van der Waals surface area contributed by atoms with E-state index in [-0.39, 0.29) is 34.2 Å². The second-order valence-corrected chi connectivity index (χ2v) is 11.2. The molecule has 0 fully saturated rings. The van der Waals surface area contributed by atoms with Gasteiger partial charge in [-0.1, -0.05) is 54.6 Å². The number of rotatable bonds is 6. The highest BCUT2D eigenvalue weighted by atomic mass is 32.2. The minimum atomic E-state index is -3.85. The van der Waals surface area contributed by atoms with E-state index in [1.54, 1.807) is 36.4 Å². The van der Waals surface area contributed by atoms with Crippen LogP contribution in [-0.2, 0) is 10.0 Å². The van der Waals surface area contributed by atoms with Crippen LogP contribution in [-0.4, -0.2) is 20.5 Å². The average molecular weight is 528 g/mol. The van der Waals surface area contributed by atoms with E-state index in [9.17, 15) is 18.5 Å². The van der Waals surface area contributed by atoms with E-state index in [1.807, 2.05) is 42.5 Å². The number of hydrogen-bond acceptors (Lipinski definition) is 6. The molecular weight excluding hydrogens is 502 g/mol. The maximum Gasteiger partial charge on any atom is 0.311 e. The first-order valence-electron chi connectivity index (χ1n) is 12.3. The first kappa shape index (κ1) is 24.0. The summed E-state index contributed by atoms with van der Waals surface area (Å²) < 4.78 is 34.8. The molecule has 2 N–H and O–H groups in total. The highest BCUT2D eigenvalue weighted by Crippen LogP contribution is 2.51. The van der Waals surface area contributed by atoms with Crippen LogP contribution in [0.5, 0.6) is 5.75 Å². The number of nitrogens with zero attached hydrogens (tertiary/aromatic N) is 1. The molecule has 4 aromatic carbocycles. The van der Waals surface area contributed by atoms with Crippen LogP contribution in [0.2, 0.25) is 0 Å². The van der Waals surface area contributed by atoms with Crippen molar-refractivity contribution < 1.29 is 18.1 Å². The topological polar surface area (TPSA) is 111 Å². The molecule has 0 saturated heterocycles. The number of benzene rings is 4. The van der Waals surface area contributed by atoms with Gasteiger partial charge in [-0.05, 0) is 59.2 Å². The predicted molar refractivity (Wildman–Crippen MR) is 147 cm³/mol. The zero-order valence-electron chi connectivity index (χ0n) is 20.5. The minimum Gasteiger partial charge on any atom is -0.490 e. The fraction of sp³-hybridized carbons (Fsp3) is 0.172. The van der Waals surface area contributed by atoms with Crippen molar-refractivity contribution in [3.8, 4) is 5.75 Å². The summed E-state index contributed by atoms with van der Waals surface area (Å²) in [5, 5.41) is 16.9. The van der Waals surface area contributed by atoms with Gasteiger partial charge >= 0.3 is 5.69 Å².